The van der Waals surface area contributed by atoms with Crippen molar-refractivity contribution in [3.05, 3.63) is 0 Å². The number of aliphatic hydroxyl groups excluding tert-OH is 4. The summed E-state index contributed by atoms with van der Waals surface area (Å²) in [5.74, 6) is -0.0536. The molecule has 12 heavy (non-hydrogen) atoms. The van der Waals surface area contributed by atoms with Crippen molar-refractivity contribution < 1.29 is 25.2 Å². The molecule has 72 valence electrons. The molecule has 0 radical (unpaired) electrons. The molecular weight excluding hydrogens is 188 g/mol. The first-order valence-corrected chi connectivity index (χ1v) is 4.05. The summed E-state index contributed by atoms with van der Waals surface area (Å²) in [5, 5.41) is 36.3. The highest BCUT2D eigenvalue weighted by molar-refractivity contribution is 6.18. The zero-order chi connectivity index (χ0) is 9.30. The Morgan fingerprint density at radius 2 is 1.58 bits per heavy atom. The average molecular weight is 199 g/mol. The molecule has 1 aliphatic rings. The lowest BCUT2D eigenvalue weighted by Crippen LogP contribution is -2.57. The molecule has 0 aliphatic carbocycles. The SMILES string of the molecule is OC1[C@@H](O)[C@@H](O)C(CCl)O[C@@H]1O. The molecule has 5 nitrogen and oxygen atoms in total. The topological polar surface area (TPSA) is 90.2 Å². The van der Waals surface area contributed by atoms with Crippen LogP contribution in [0.2, 0.25) is 0 Å². The number of halogens is 1. The van der Waals surface area contributed by atoms with Crippen LogP contribution < -0.4 is 0 Å². The van der Waals surface area contributed by atoms with Crippen LogP contribution in [0.5, 0.6) is 0 Å². The second-order valence-corrected chi connectivity index (χ2v) is 3.00. The van der Waals surface area contributed by atoms with Gasteiger partial charge in [-0.2, -0.15) is 0 Å². The minimum atomic E-state index is -1.49. The van der Waals surface area contributed by atoms with Crippen molar-refractivity contribution in [1.29, 1.82) is 0 Å². The number of hydrogen-bond donors (Lipinski definition) is 4. The van der Waals surface area contributed by atoms with Crippen LogP contribution in [-0.4, -0.2) is 57.0 Å². The van der Waals surface area contributed by atoms with Gasteiger partial charge in [-0.15, -0.1) is 11.6 Å². The Hall–Kier alpha value is 0.0900. The summed E-state index contributed by atoms with van der Waals surface area (Å²) in [4.78, 5) is 0. The van der Waals surface area contributed by atoms with Gasteiger partial charge in [-0.1, -0.05) is 0 Å². The molecule has 1 aliphatic heterocycles. The van der Waals surface area contributed by atoms with Crippen molar-refractivity contribution >= 4 is 11.6 Å². The van der Waals surface area contributed by atoms with Gasteiger partial charge in [0.15, 0.2) is 6.29 Å². The number of hydrogen-bond acceptors (Lipinski definition) is 5. The third-order valence-electron chi connectivity index (χ3n) is 1.84. The molecular formula is C6H11ClO5. The van der Waals surface area contributed by atoms with E-state index in [1.54, 1.807) is 0 Å². The summed E-state index contributed by atoms with van der Waals surface area (Å²) >= 11 is 5.36. The zero-order valence-electron chi connectivity index (χ0n) is 6.17. The number of rotatable bonds is 1. The highest BCUT2D eigenvalue weighted by Gasteiger charge is 2.42. The van der Waals surface area contributed by atoms with E-state index in [4.69, 9.17) is 31.7 Å². The van der Waals surface area contributed by atoms with Crippen LogP contribution in [0.3, 0.4) is 0 Å². The Kier molecular flexibility index (Phi) is 3.28. The molecule has 6 heteroatoms. The van der Waals surface area contributed by atoms with Gasteiger partial charge in [0.2, 0.25) is 0 Å². The molecule has 0 aromatic rings. The predicted molar refractivity (Wildman–Crippen MR) is 39.6 cm³/mol. The van der Waals surface area contributed by atoms with Crippen LogP contribution in [0, 0.1) is 0 Å². The first-order valence-electron chi connectivity index (χ1n) is 3.51. The summed E-state index contributed by atoms with van der Waals surface area (Å²) in [6, 6.07) is 0. The number of ether oxygens (including phenoxy) is 1. The summed E-state index contributed by atoms with van der Waals surface area (Å²) in [6.07, 6.45) is -6.51. The van der Waals surface area contributed by atoms with Crippen LogP contribution in [-0.2, 0) is 4.74 Å². The Morgan fingerprint density at radius 3 is 2.08 bits per heavy atom. The van der Waals surface area contributed by atoms with Gasteiger partial charge in [-0.25, -0.2) is 0 Å². The predicted octanol–water partition coefficient (Wildman–Crippen LogP) is -1.97. The van der Waals surface area contributed by atoms with E-state index in [2.05, 4.69) is 0 Å². The molecule has 1 saturated heterocycles. The normalized spacial score (nSPS) is 49.2. The van der Waals surface area contributed by atoms with E-state index < -0.39 is 30.7 Å². The fourth-order valence-electron chi connectivity index (χ4n) is 1.06. The van der Waals surface area contributed by atoms with Crippen LogP contribution in [0.4, 0.5) is 0 Å². The lowest BCUT2D eigenvalue weighted by Gasteiger charge is -2.37. The van der Waals surface area contributed by atoms with Gasteiger partial charge in [0.05, 0.1) is 5.88 Å². The third kappa shape index (κ3) is 1.71. The standard InChI is InChI=1S/C6H11ClO5/c7-1-2-3(8)4(9)5(10)6(11)12-2/h2-6,8-11H,1H2/t2?,3-,4-,5?,6-/m0/s1. The molecule has 5 atom stereocenters. The fourth-order valence-corrected chi connectivity index (χ4v) is 1.31. The molecule has 0 aromatic carbocycles. The molecule has 0 saturated carbocycles. The zero-order valence-corrected chi connectivity index (χ0v) is 6.92. The van der Waals surface area contributed by atoms with Crippen molar-refractivity contribution in [2.45, 2.75) is 30.7 Å². The maximum atomic E-state index is 9.20. The van der Waals surface area contributed by atoms with E-state index in [1.807, 2.05) is 0 Å². The molecule has 0 amide bonds. The Bertz CT molecular complexity index is 150. The monoisotopic (exact) mass is 198 g/mol. The van der Waals surface area contributed by atoms with Gasteiger partial charge in [0.25, 0.3) is 0 Å². The minimum absolute atomic E-state index is 0.0536. The van der Waals surface area contributed by atoms with Gasteiger partial charge in [0.1, 0.15) is 24.4 Å². The largest absolute Gasteiger partial charge is 0.388 e. The van der Waals surface area contributed by atoms with Gasteiger partial charge in [-0.05, 0) is 0 Å². The summed E-state index contributed by atoms with van der Waals surface area (Å²) in [7, 11) is 0. The van der Waals surface area contributed by atoms with Crippen LogP contribution in [0.1, 0.15) is 0 Å². The smallest absolute Gasteiger partial charge is 0.184 e. The molecule has 0 bridgehead atoms. The summed E-state index contributed by atoms with van der Waals surface area (Å²) in [5.41, 5.74) is 0. The molecule has 4 N–H and O–H groups in total. The van der Waals surface area contributed by atoms with Crippen molar-refractivity contribution in [3.8, 4) is 0 Å². The van der Waals surface area contributed by atoms with Crippen LogP contribution >= 0.6 is 11.6 Å². The van der Waals surface area contributed by atoms with Crippen molar-refractivity contribution in [1.82, 2.24) is 0 Å². The van der Waals surface area contributed by atoms with Crippen LogP contribution in [0.25, 0.3) is 0 Å². The molecule has 1 heterocycles. The first kappa shape index (κ1) is 10.2. The van der Waals surface area contributed by atoms with Gasteiger partial charge >= 0.3 is 0 Å². The van der Waals surface area contributed by atoms with Crippen molar-refractivity contribution in [2.24, 2.45) is 0 Å². The molecule has 1 rings (SSSR count). The Morgan fingerprint density at radius 1 is 1.00 bits per heavy atom. The summed E-state index contributed by atoms with van der Waals surface area (Å²) in [6.45, 7) is 0. The van der Waals surface area contributed by atoms with Gasteiger partial charge < -0.3 is 25.2 Å². The minimum Gasteiger partial charge on any atom is -0.388 e. The van der Waals surface area contributed by atoms with E-state index in [0.717, 1.165) is 0 Å². The van der Waals surface area contributed by atoms with Gasteiger partial charge in [0, 0.05) is 0 Å². The Labute approximate surface area is 74.2 Å². The van der Waals surface area contributed by atoms with Crippen LogP contribution in [0.15, 0.2) is 0 Å². The van der Waals surface area contributed by atoms with E-state index in [-0.39, 0.29) is 5.88 Å². The number of aliphatic hydroxyl groups is 4. The average Bonchev–Trinajstić information content (AvgIpc) is 2.08. The molecule has 0 aromatic heterocycles. The lowest BCUT2D eigenvalue weighted by molar-refractivity contribution is -0.276. The second kappa shape index (κ2) is 3.87. The maximum absolute atomic E-state index is 9.20. The van der Waals surface area contributed by atoms with E-state index in [0.29, 0.717) is 0 Å². The quantitative estimate of drug-likeness (QED) is 0.367. The summed E-state index contributed by atoms with van der Waals surface area (Å²) < 4.78 is 4.69. The molecule has 0 spiro atoms. The lowest BCUT2D eigenvalue weighted by atomic mass is 10.0. The Balaban J connectivity index is 2.63. The highest BCUT2D eigenvalue weighted by atomic mass is 35.5. The van der Waals surface area contributed by atoms with Gasteiger partial charge in [-0.3, -0.25) is 0 Å². The molecule has 2 unspecified atom stereocenters. The first-order chi connectivity index (χ1) is 5.57. The second-order valence-electron chi connectivity index (χ2n) is 2.69. The van der Waals surface area contributed by atoms with Crippen molar-refractivity contribution in [2.75, 3.05) is 5.88 Å². The highest BCUT2D eigenvalue weighted by Crippen LogP contribution is 2.20. The third-order valence-corrected chi connectivity index (χ3v) is 2.14. The van der Waals surface area contributed by atoms with E-state index in [1.165, 1.54) is 0 Å². The van der Waals surface area contributed by atoms with E-state index >= 15 is 0 Å². The van der Waals surface area contributed by atoms with Crippen molar-refractivity contribution in [3.63, 3.8) is 0 Å². The molecule has 1 fully saturated rings. The van der Waals surface area contributed by atoms with E-state index in [9.17, 15) is 5.11 Å². The number of alkyl halides is 1. The maximum Gasteiger partial charge on any atom is 0.184 e. The fraction of sp³-hybridized carbons (Fsp3) is 1.00.